The third-order valence-electron chi connectivity index (χ3n) is 3.40. The van der Waals surface area contributed by atoms with Gasteiger partial charge >= 0.3 is 0 Å². The molecule has 0 spiro atoms. The predicted molar refractivity (Wildman–Crippen MR) is 87.3 cm³/mol. The molecule has 0 aromatic heterocycles. The molecule has 0 atom stereocenters. The average molecular weight is 335 g/mol. The fraction of sp³-hybridized carbons (Fsp3) is 0.118. The van der Waals surface area contributed by atoms with Crippen LogP contribution in [-0.2, 0) is 0 Å². The van der Waals surface area contributed by atoms with Crippen LogP contribution in [0.2, 0.25) is 10.0 Å². The first-order valence-electron chi connectivity index (χ1n) is 6.59. The lowest BCUT2D eigenvalue weighted by molar-refractivity contribution is 0.100. The van der Waals surface area contributed by atoms with E-state index in [1.165, 1.54) is 0 Å². The van der Waals surface area contributed by atoms with Crippen LogP contribution >= 0.6 is 23.2 Å². The predicted octanol–water partition coefficient (Wildman–Crippen LogP) is 4.66. The Labute approximate surface area is 138 Å². The summed E-state index contributed by atoms with van der Waals surface area (Å²) in [7, 11) is 1.57. The van der Waals surface area contributed by atoms with E-state index in [2.05, 4.69) is 0 Å². The summed E-state index contributed by atoms with van der Waals surface area (Å²) in [5, 5.41) is 1.05. The summed E-state index contributed by atoms with van der Waals surface area (Å²) >= 11 is 12.0. The maximum Gasteiger partial charge on any atom is 0.196 e. The lowest BCUT2D eigenvalue weighted by Crippen LogP contribution is -2.19. The Morgan fingerprint density at radius 2 is 2.00 bits per heavy atom. The Bertz CT molecular complexity index is 781. The van der Waals surface area contributed by atoms with E-state index in [4.69, 9.17) is 32.7 Å². The lowest BCUT2D eigenvalue weighted by Gasteiger charge is -2.19. The normalized spacial score (nSPS) is 15.4. The van der Waals surface area contributed by atoms with Crippen molar-refractivity contribution >= 4 is 35.1 Å². The Hall–Kier alpha value is -1.97. The van der Waals surface area contributed by atoms with E-state index in [-0.39, 0.29) is 12.4 Å². The van der Waals surface area contributed by atoms with E-state index >= 15 is 0 Å². The first kappa shape index (κ1) is 14.9. The number of methoxy groups -OCH3 is 1. The summed E-state index contributed by atoms with van der Waals surface area (Å²) in [5.74, 6) is 1.11. The molecule has 0 N–H and O–H groups in total. The van der Waals surface area contributed by atoms with Gasteiger partial charge in [-0.2, -0.15) is 0 Å². The zero-order chi connectivity index (χ0) is 15.7. The second-order valence-corrected chi connectivity index (χ2v) is 5.66. The van der Waals surface area contributed by atoms with E-state index in [0.29, 0.717) is 32.7 Å². The zero-order valence-electron chi connectivity index (χ0n) is 11.7. The SMILES string of the molecule is COc1ccc2c(c1)OC/C(=C\c1ccc(Cl)cc1Cl)C2=O. The number of Topliss-reactive ketones (excluding diaryl/α,β-unsaturated/α-hetero) is 1. The molecule has 0 aliphatic carbocycles. The lowest BCUT2D eigenvalue weighted by atomic mass is 9.98. The summed E-state index contributed by atoms with van der Waals surface area (Å²) in [6, 6.07) is 10.3. The van der Waals surface area contributed by atoms with Gasteiger partial charge in [0.05, 0.1) is 12.7 Å². The van der Waals surface area contributed by atoms with Crippen molar-refractivity contribution in [2.45, 2.75) is 0 Å². The number of ketones is 1. The molecule has 0 bridgehead atoms. The standard InChI is InChI=1S/C17H12Cl2O3/c1-21-13-4-5-14-16(8-13)22-9-11(17(14)20)6-10-2-3-12(18)7-15(10)19/h2-8H,9H2,1H3/b11-6+. The Kier molecular flexibility index (Phi) is 4.10. The molecule has 112 valence electrons. The molecule has 0 unspecified atom stereocenters. The van der Waals surface area contributed by atoms with Crippen molar-refractivity contribution in [2.75, 3.05) is 13.7 Å². The zero-order valence-corrected chi connectivity index (χ0v) is 13.2. The quantitative estimate of drug-likeness (QED) is 0.749. The minimum absolute atomic E-state index is 0.0741. The van der Waals surface area contributed by atoms with Crippen LogP contribution in [0.3, 0.4) is 0 Å². The van der Waals surface area contributed by atoms with Gasteiger partial charge in [0, 0.05) is 21.7 Å². The third-order valence-corrected chi connectivity index (χ3v) is 3.96. The third kappa shape index (κ3) is 2.82. The van der Waals surface area contributed by atoms with Gasteiger partial charge in [-0.25, -0.2) is 0 Å². The Morgan fingerprint density at radius 3 is 2.73 bits per heavy atom. The molecular formula is C17H12Cl2O3. The van der Waals surface area contributed by atoms with Crippen LogP contribution in [0.25, 0.3) is 6.08 Å². The molecule has 22 heavy (non-hydrogen) atoms. The van der Waals surface area contributed by atoms with E-state index in [1.54, 1.807) is 49.6 Å². The monoisotopic (exact) mass is 334 g/mol. The van der Waals surface area contributed by atoms with Gasteiger partial charge in [0.15, 0.2) is 5.78 Å². The number of carbonyl (C=O) groups is 1. The van der Waals surface area contributed by atoms with Gasteiger partial charge in [0.25, 0.3) is 0 Å². The minimum Gasteiger partial charge on any atom is -0.497 e. The van der Waals surface area contributed by atoms with Crippen LogP contribution in [-0.4, -0.2) is 19.5 Å². The molecule has 1 heterocycles. The number of ether oxygens (including phenoxy) is 2. The highest BCUT2D eigenvalue weighted by atomic mass is 35.5. The van der Waals surface area contributed by atoms with Crippen LogP contribution in [0.5, 0.6) is 11.5 Å². The molecule has 0 radical (unpaired) electrons. The summed E-state index contributed by atoms with van der Waals surface area (Å²) in [6.07, 6.45) is 1.73. The maximum absolute atomic E-state index is 12.5. The maximum atomic E-state index is 12.5. The molecular weight excluding hydrogens is 323 g/mol. The molecule has 3 nitrogen and oxygen atoms in total. The fourth-order valence-electron chi connectivity index (χ4n) is 2.24. The van der Waals surface area contributed by atoms with Gasteiger partial charge in [0.2, 0.25) is 0 Å². The van der Waals surface area contributed by atoms with Crippen molar-refractivity contribution in [1.29, 1.82) is 0 Å². The van der Waals surface area contributed by atoms with Crippen molar-refractivity contribution in [3.05, 3.63) is 63.1 Å². The number of benzene rings is 2. The summed E-state index contributed by atoms with van der Waals surface area (Å²) in [6.45, 7) is 0.192. The van der Waals surface area contributed by atoms with Crippen molar-refractivity contribution in [3.63, 3.8) is 0 Å². The first-order valence-corrected chi connectivity index (χ1v) is 7.35. The van der Waals surface area contributed by atoms with Crippen LogP contribution < -0.4 is 9.47 Å². The Balaban J connectivity index is 1.97. The largest absolute Gasteiger partial charge is 0.497 e. The van der Waals surface area contributed by atoms with Crippen LogP contribution in [0.1, 0.15) is 15.9 Å². The summed E-state index contributed by atoms with van der Waals surface area (Å²) in [4.78, 5) is 12.5. The summed E-state index contributed by atoms with van der Waals surface area (Å²) < 4.78 is 10.8. The second kappa shape index (κ2) is 6.03. The van der Waals surface area contributed by atoms with Gasteiger partial charge in [0.1, 0.15) is 18.1 Å². The highest BCUT2D eigenvalue weighted by molar-refractivity contribution is 6.35. The fourth-order valence-corrected chi connectivity index (χ4v) is 2.71. The highest BCUT2D eigenvalue weighted by Crippen LogP contribution is 2.32. The number of fused-ring (bicyclic) bond motifs is 1. The van der Waals surface area contributed by atoms with Crippen LogP contribution in [0, 0.1) is 0 Å². The van der Waals surface area contributed by atoms with Gasteiger partial charge < -0.3 is 9.47 Å². The van der Waals surface area contributed by atoms with Crippen molar-refractivity contribution < 1.29 is 14.3 Å². The molecule has 2 aromatic rings. The van der Waals surface area contributed by atoms with E-state index < -0.39 is 0 Å². The molecule has 1 aliphatic heterocycles. The molecule has 1 aliphatic rings. The Morgan fingerprint density at radius 1 is 1.18 bits per heavy atom. The molecule has 0 fully saturated rings. The van der Waals surface area contributed by atoms with Gasteiger partial charge in [-0.3, -0.25) is 4.79 Å². The first-order chi connectivity index (χ1) is 10.6. The molecule has 2 aromatic carbocycles. The molecule has 0 amide bonds. The number of rotatable bonds is 2. The molecule has 0 saturated heterocycles. The van der Waals surface area contributed by atoms with Crippen molar-refractivity contribution in [2.24, 2.45) is 0 Å². The smallest absolute Gasteiger partial charge is 0.196 e. The van der Waals surface area contributed by atoms with E-state index in [9.17, 15) is 4.79 Å². The van der Waals surface area contributed by atoms with Gasteiger partial charge in [-0.1, -0.05) is 29.3 Å². The van der Waals surface area contributed by atoms with Crippen molar-refractivity contribution in [1.82, 2.24) is 0 Å². The van der Waals surface area contributed by atoms with Crippen LogP contribution in [0.15, 0.2) is 42.0 Å². The van der Waals surface area contributed by atoms with Gasteiger partial charge in [-0.15, -0.1) is 0 Å². The minimum atomic E-state index is -0.0741. The number of hydrogen-bond acceptors (Lipinski definition) is 3. The average Bonchev–Trinajstić information content (AvgIpc) is 2.52. The summed E-state index contributed by atoms with van der Waals surface area (Å²) in [5.41, 5.74) is 1.79. The number of carbonyl (C=O) groups excluding carboxylic acids is 1. The van der Waals surface area contributed by atoms with Crippen LogP contribution in [0.4, 0.5) is 0 Å². The van der Waals surface area contributed by atoms with Gasteiger partial charge in [-0.05, 0) is 35.9 Å². The molecule has 3 rings (SSSR count). The molecule has 5 heteroatoms. The topological polar surface area (TPSA) is 35.5 Å². The number of hydrogen-bond donors (Lipinski definition) is 0. The van der Waals surface area contributed by atoms with Crippen molar-refractivity contribution in [3.8, 4) is 11.5 Å². The highest BCUT2D eigenvalue weighted by Gasteiger charge is 2.24. The molecule has 0 saturated carbocycles. The second-order valence-electron chi connectivity index (χ2n) is 4.82. The number of halogens is 2. The van der Waals surface area contributed by atoms with E-state index in [1.807, 2.05) is 0 Å². The van der Waals surface area contributed by atoms with E-state index in [0.717, 1.165) is 5.56 Å².